The lowest BCUT2D eigenvalue weighted by atomic mass is 10.1. The summed E-state index contributed by atoms with van der Waals surface area (Å²) in [5, 5.41) is 3.33. The number of anilines is 1. The molecule has 0 aromatic heterocycles. The van der Waals surface area contributed by atoms with Gasteiger partial charge in [-0.15, -0.1) is 0 Å². The van der Waals surface area contributed by atoms with Gasteiger partial charge in [-0.05, 0) is 45.9 Å². The SMILES string of the molecule is CC(C)OP(=O)(OC(C)C)[C@@H](Nc1ccccc1)c1cccc2c1OCO2. The number of fused-ring (bicyclic) bond motifs is 1. The highest BCUT2D eigenvalue weighted by Gasteiger charge is 2.42. The van der Waals surface area contributed by atoms with E-state index >= 15 is 0 Å². The van der Waals surface area contributed by atoms with Gasteiger partial charge in [0.1, 0.15) is 0 Å². The van der Waals surface area contributed by atoms with E-state index in [0.717, 1.165) is 5.69 Å². The molecule has 0 radical (unpaired) electrons. The summed E-state index contributed by atoms with van der Waals surface area (Å²) in [6.07, 6.45) is -0.549. The number of para-hydroxylation sites is 2. The number of rotatable bonds is 8. The minimum atomic E-state index is -3.61. The van der Waals surface area contributed by atoms with Crippen molar-refractivity contribution in [3.63, 3.8) is 0 Å². The van der Waals surface area contributed by atoms with E-state index in [4.69, 9.17) is 18.5 Å². The van der Waals surface area contributed by atoms with Crippen LogP contribution in [0, 0.1) is 0 Å². The van der Waals surface area contributed by atoms with Gasteiger partial charge in [-0.2, -0.15) is 0 Å². The Bertz CT molecular complexity index is 795. The Hall–Kier alpha value is -2.01. The molecule has 0 unspecified atom stereocenters. The first-order valence-corrected chi connectivity index (χ1v) is 10.7. The van der Waals surface area contributed by atoms with Gasteiger partial charge >= 0.3 is 7.60 Å². The van der Waals surface area contributed by atoms with Crippen LogP contribution in [-0.4, -0.2) is 19.0 Å². The van der Waals surface area contributed by atoms with Gasteiger partial charge in [0.2, 0.25) is 6.79 Å². The molecule has 1 atom stereocenters. The van der Waals surface area contributed by atoms with Crippen LogP contribution in [0.1, 0.15) is 39.0 Å². The molecule has 3 rings (SSSR count). The van der Waals surface area contributed by atoms with Gasteiger partial charge in [0.25, 0.3) is 0 Å². The summed E-state index contributed by atoms with van der Waals surface area (Å²) < 4.78 is 36.8. The number of nitrogens with one attached hydrogen (secondary N) is 1. The Kier molecular flexibility index (Phi) is 6.10. The molecule has 0 bridgehead atoms. The highest BCUT2D eigenvalue weighted by atomic mass is 31.2. The first-order valence-electron chi connectivity index (χ1n) is 9.05. The Morgan fingerprint density at radius 1 is 0.926 bits per heavy atom. The van der Waals surface area contributed by atoms with Crippen molar-refractivity contribution in [3.05, 3.63) is 54.1 Å². The van der Waals surface area contributed by atoms with Gasteiger partial charge in [-0.1, -0.05) is 30.3 Å². The second kappa shape index (κ2) is 8.34. The zero-order chi connectivity index (χ0) is 19.4. The summed E-state index contributed by atoms with van der Waals surface area (Å²) in [6, 6.07) is 15.1. The maximum Gasteiger partial charge on any atom is 0.357 e. The van der Waals surface area contributed by atoms with Crippen molar-refractivity contribution < 1.29 is 23.1 Å². The Morgan fingerprint density at radius 3 is 2.22 bits per heavy atom. The summed E-state index contributed by atoms with van der Waals surface area (Å²) in [5.74, 6) is 0.431. The third-order valence-electron chi connectivity index (χ3n) is 3.83. The van der Waals surface area contributed by atoms with Gasteiger partial charge in [-0.3, -0.25) is 4.57 Å². The maximum absolute atomic E-state index is 13.9. The molecule has 0 amide bonds. The summed E-state index contributed by atoms with van der Waals surface area (Å²) in [5.41, 5.74) is 1.48. The molecule has 6 nitrogen and oxygen atoms in total. The number of benzene rings is 2. The predicted molar refractivity (Wildman–Crippen MR) is 105 cm³/mol. The van der Waals surface area contributed by atoms with Crippen LogP contribution in [0.25, 0.3) is 0 Å². The van der Waals surface area contributed by atoms with Gasteiger partial charge in [-0.25, -0.2) is 0 Å². The lowest BCUT2D eigenvalue weighted by molar-refractivity contribution is 0.137. The van der Waals surface area contributed by atoms with E-state index in [9.17, 15) is 4.57 Å². The average Bonchev–Trinajstić information content (AvgIpc) is 3.08. The fraction of sp³-hybridized carbons (Fsp3) is 0.400. The monoisotopic (exact) mass is 391 g/mol. The Labute approximate surface area is 160 Å². The van der Waals surface area contributed by atoms with Gasteiger partial charge in [0.15, 0.2) is 17.3 Å². The number of hydrogen-bond acceptors (Lipinski definition) is 6. The molecule has 0 fully saturated rings. The van der Waals surface area contributed by atoms with Crippen molar-refractivity contribution in [2.45, 2.75) is 45.7 Å². The number of hydrogen-bond donors (Lipinski definition) is 1. The van der Waals surface area contributed by atoms with Crippen molar-refractivity contribution >= 4 is 13.3 Å². The van der Waals surface area contributed by atoms with E-state index in [1.54, 1.807) is 0 Å². The summed E-state index contributed by atoms with van der Waals surface area (Å²) >= 11 is 0. The van der Waals surface area contributed by atoms with Crippen molar-refractivity contribution in [1.29, 1.82) is 0 Å². The molecule has 2 aromatic rings. The van der Waals surface area contributed by atoms with E-state index in [2.05, 4.69) is 5.32 Å². The molecule has 27 heavy (non-hydrogen) atoms. The molecule has 2 aromatic carbocycles. The lowest BCUT2D eigenvalue weighted by Crippen LogP contribution is -2.19. The van der Waals surface area contributed by atoms with Crippen molar-refractivity contribution in [1.82, 2.24) is 0 Å². The Morgan fingerprint density at radius 2 is 1.59 bits per heavy atom. The zero-order valence-corrected chi connectivity index (χ0v) is 16.9. The highest BCUT2D eigenvalue weighted by molar-refractivity contribution is 7.54. The topological polar surface area (TPSA) is 66.0 Å². The molecule has 1 aliphatic rings. The first-order chi connectivity index (χ1) is 12.9. The fourth-order valence-electron chi connectivity index (χ4n) is 2.92. The highest BCUT2D eigenvalue weighted by Crippen LogP contribution is 2.64. The van der Waals surface area contributed by atoms with Crippen molar-refractivity contribution in [2.75, 3.05) is 12.1 Å². The average molecular weight is 391 g/mol. The van der Waals surface area contributed by atoms with Crippen LogP contribution in [0.4, 0.5) is 5.69 Å². The molecular weight excluding hydrogens is 365 g/mol. The van der Waals surface area contributed by atoms with Crippen LogP contribution in [0.5, 0.6) is 11.5 Å². The smallest absolute Gasteiger partial charge is 0.357 e. The molecule has 1 aliphatic heterocycles. The summed E-state index contributed by atoms with van der Waals surface area (Å²) in [7, 11) is -3.61. The maximum atomic E-state index is 13.9. The van der Waals surface area contributed by atoms with Gasteiger partial charge < -0.3 is 23.8 Å². The molecule has 0 aliphatic carbocycles. The molecule has 0 spiro atoms. The second-order valence-corrected chi connectivity index (χ2v) is 8.86. The van der Waals surface area contributed by atoms with Gasteiger partial charge in [0, 0.05) is 11.3 Å². The minimum absolute atomic E-state index is 0.130. The number of ether oxygens (including phenoxy) is 2. The first kappa shape index (κ1) is 19.7. The standard InChI is InChI=1S/C20H26NO5P/c1-14(2)25-27(22,26-15(3)4)20(21-16-9-6-5-7-10-16)17-11-8-12-18-19(17)24-13-23-18/h5-12,14-15,20-21H,13H2,1-4H3/t20-/m1/s1. The van der Waals surface area contributed by atoms with Crippen LogP contribution in [-0.2, 0) is 13.6 Å². The molecule has 0 saturated carbocycles. The van der Waals surface area contributed by atoms with Crippen LogP contribution >= 0.6 is 7.60 Å². The van der Waals surface area contributed by atoms with E-state index in [-0.39, 0.29) is 19.0 Å². The van der Waals surface area contributed by atoms with Crippen LogP contribution in [0.3, 0.4) is 0 Å². The molecule has 1 heterocycles. The molecule has 1 N–H and O–H groups in total. The molecule has 7 heteroatoms. The van der Waals surface area contributed by atoms with E-state index in [1.165, 1.54) is 0 Å². The van der Waals surface area contributed by atoms with Crippen molar-refractivity contribution in [2.24, 2.45) is 0 Å². The molecule has 146 valence electrons. The fourth-order valence-corrected chi connectivity index (χ4v) is 5.24. The van der Waals surface area contributed by atoms with E-state index in [1.807, 2.05) is 76.2 Å². The van der Waals surface area contributed by atoms with Gasteiger partial charge in [0.05, 0.1) is 12.2 Å². The second-order valence-electron chi connectivity index (χ2n) is 6.84. The third kappa shape index (κ3) is 4.64. The van der Waals surface area contributed by atoms with E-state index in [0.29, 0.717) is 17.1 Å². The molecular formula is C20H26NO5P. The molecule has 0 saturated heterocycles. The van der Waals surface area contributed by atoms with Crippen molar-refractivity contribution in [3.8, 4) is 11.5 Å². The van der Waals surface area contributed by atoms with Crippen LogP contribution in [0.2, 0.25) is 0 Å². The van der Waals surface area contributed by atoms with Crippen LogP contribution in [0.15, 0.2) is 48.5 Å². The zero-order valence-electron chi connectivity index (χ0n) is 16.0. The van der Waals surface area contributed by atoms with E-state index < -0.39 is 13.4 Å². The quantitative estimate of drug-likeness (QED) is 0.594. The lowest BCUT2D eigenvalue weighted by Gasteiger charge is -2.31. The summed E-state index contributed by atoms with van der Waals surface area (Å²) in [4.78, 5) is 0. The van der Waals surface area contributed by atoms with Crippen LogP contribution < -0.4 is 14.8 Å². The summed E-state index contributed by atoms with van der Waals surface area (Å²) in [6.45, 7) is 7.48. The minimum Gasteiger partial charge on any atom is -0.454 e. The normalized spacial score (nSPS) is 14.6. The third-order valence-corrected chi connectivity index (χ3v) is 6.30. The largest absolute Gasteiger partial charge is 0.454 e. The predicted octanol–water partition coefficient (Wildman–Crippen LogP) is 5.57. The Balaban J connectivity index is 2.09.